The van der Waals surface area contributed by atoms with Crippen LogP contribution in [0.3, 0.4) is 0 Å². The molecule has 31 heavy (non-hydrogen) atoms. The number of aromatic amines is 1. The Morgan fingerprint density at radius 3 is 2.52 bits per heavy atom. The molecule has 2 aromatic carbocycles. The summed E-state index contributed by atoms with van der Waals surface area (Å²) >= 11 is 6.51. The molecule has 2 fully saturated rings. The summed E-state index contributed by atoms with van der Waals surface area (Å²) < 4.78 is 0. The first-order chi connectivity index (χ1) is 14.7. The molecule has 2 saturated heterocycles. The summed E-state index contributed by atoms with van der Waals surface area (Å²) in [5.41, 5.74) is 3.97. The zero-order valence-corrected chi connectivity index (χ0v) is 18.9. The number of amides is 1. The Hall–Kier alpha value is -2.28. The van der Waals surface area contributed by atoms with Gasteiger partial charge in [-0.1, -0.05) is 23.7 Å². The van der Waals surface area contributed by atoms with Crippen molar-refractivity contribution in [3.63, 3.8) is 0 Å². The minimum absolute atomic E-state index is 0. The smallest absolute Gasteiger partial charge is 0.225 e. The highest BCUT2D eigenvalue weighted by molar-refractivity contribution is 6.33. The lowest BCUT2D eigenvalue weighted by atomic mass is 9.94. The Morgan fingerprint density at radius 2 is 1.77 bits per heavy atom. The van der Waals surface area contributed by atoms with E-state index in [0.29, 0.717) is 10.9 Å². The van der Waals surface area contributed by atoms with Crippen LogP contribution < -0.4 is 10.2 Å². The number of hydrogen-bond acceptors (Lipinski definition) is 4. The van der Waals surface area contributed by atoms with Gasteiger partial charge in [0.1, 0.15) is 5.82 Å². The fraction of sp³-hybridized carbons (Fsp3) is 0.391. The lowest BCUT2D eigenvalue weighted by Crippen LogP contribution is -2.50. The quantitative estimate of drug-likeness (QED) is 0.622. The lowest BCUT2D eigenvalue weighted by Gasteiger charge is -2.36. The second kappa shape index (κ2) is 9.47. The molecule has 0 aliphatic carbocycles. The predicted octanol–water partition coefficient (Wildman–Crippen LogP) is 3.95. The van der Waals surface area contributed by atoms with Crippen molar-refractivity contribution in [1.29, 1.82) is 0 Å². The number of fused-ring (bicyclic) bond motifs is 1. The monoisotopic (exact) mass is 459 g/mol. The molecule has 2 aliphatic heterocycles. The molecule has 0 spiro atoms. The number of anilines is 1. The summed E-state index contributed by atoms with van der Waals surface area (Å²) in [5.74, 6) is 1.25. The maximum atomic E-state index is 12.8. The van der Waals surface area contributed by atoms with Crippen LogP contribution in [0.4, 0.5) is 5.69 Å². The van der Waals surface area contributed by atoms with Gasteiger partial charge in [0.05, 0.1) is 16.1 Å². The minimum atomic E-state index is 0. The number of nitrogens with one attached hydrogen (secondary N) is 2. The number of rotatable bonds is 3. The first-order valence-corrected chi connectivity index (χ1v) is 11.1. The number of benzene rings is 2. The molecule has 0 bridgehead atoms. The van der Waals surface area contributed by atoms with Crippen LogP contribution in [-0.4, -0.2) is 60.0 Å². The van der Waals surface area contributed by atoms with Crippen LogP contribution in [0.5, 0.6) is 0 Å². The largest absolute Gasteiger partial charge is 0.371 e. The summed E-state index contributed by atoms with van der Waals surface area (Å²) in [5, 5.41) is 3.99. The minimum Gasteiger partial charge on any atom is -0.371 e. The molecule has 0 atom stereocenters. The molecule has 3 heterocycles. The van der Waals surface area contributed by atoms with E-state index >= 15 is 0 Å². The number of imidazole rings is 1. The first kappa shape index (κ1) is 21.9. The Balaban J connectivity index is 0.00000231. The van der Waals surface area contributed by atoms with E-state index in [1.165, 1.54) is 0 Å². The molecule has 6 nitrogen and oxygen atoms in total. The molecular weight excluding hydrogens is 433 g/mol. The number of piperazine rings is 1. The fourth-order valence-electron chi connectivity index (χ4n) is 4.50. The zero-order valence-electron chi connectivity index (χ0n) is 17.3. The molecule has 2 N–H and O–H groups in total. The van der Waals surface area contributed by atoms with Crippen LogP contribution in [0.25, 0.3) is 22.4 Å². The Morgan fingerprint density at radius 1 is 1.03 bits per heavy atom. The number of carbonyl (C=O) groups excluding carboxylic acids is 1. The van der Waals surface area contributed by atoms with E-state index in [9.17, 15) is 4.79 Å². The summed E-state index contributed by atoms with van der Waals surface area (Å²) in [7, 11) is 0. The normalized spacial score (nSPS) is 17.6. The third-order valence-electron chi connectivity index (χ3n) is 6.23. The van der Waals surface area contributed by atoms with Crippen LogP contribution in [0, 0.1) is 5.92 Å². The van der Waals surface area contributed by atoms with Gasteiger partial charge in [-0.2, -0.15) is 0 Å². The third-order valence-corrected chi connectivity index (χ3v) is 6.56. The number of para-hydroxylation sites is 2. The van der Waals surface area contributed by atoms with Crippen LogP contribution in [-0.2, 0) is 4.79 Å². The van der Waals surface area contributed by atoms with Gasteiger partial charge in [-0.25, -0.2) is 4.98 Å². The van der Waals surface area contributed by atoms with Crippen LogP contribution in [0.1, 0.15) is 12.8 Å². The number of aromatic nitrogens is 2. The number of piperidine rings is 1. The fourth-order valence-corrected chi connectivity index (χ4v) is 4.71. The maximum Gasteiger partial charge on any atom is 0.225 e. The van der Waals surface area contributed by atoms with Gasteiger partial charge in [0.2, 0.25) is 5.91 Å². The average Bonchev–Trinajstić information content (AvgIpc) is 3.24. The molecule has 0 unspecified atom stereocenters. The Bertz CT molecular complexity index is 1020. The van der Waals surface area contributed by atoms with Crippen molar-refractivity contribution >= 4 is 46.6 Å². The van der Waals surface area contributed by atoms with Crippen molar-refractivity contribution in [2.75, 3.05) is 44.2 Å². The molecule has 2 aliphatic rings. The highest BCUT2D eigenvalue weighted by Crippen LogP contribution is 2.33. The van der Waals surface area contributed by atoms with Crippen LogP contribution >= 0.6 is 24.0 Å². The van der Waals surface area contributed by atoms with Gasteiger partial charge < -0.3 is 20.1 Å². The molecule has 8 heteroatoms. The van der Waals surface area contributed by atoms with Gasteiger partial charge in [-0.05, 0) is 43.2 Å². The Labute approximate surface area is 193 Å². The molecule has 3 aromatic rings. The molecule has 164 valence electrons. The molecule has 0 saturated carbocycles. The molecular formula is C23H27Cl2N5O. The lowest BCUT2D eigenvalue weighted by molar-refractivity contribution is -0.136. The standard InChI is InChI=1S/C23H26ClN5O.ClH/c24-19-6-5-17(15-18(19)22-26-20-3-1-2-4-21(20)27-22)28-11-7-16(8-12-28)23(30)29-13-9-25-10-14-29;/h1-6,15-16,25H,7-14H2,(H,26,27);1H. The van der Waals surface area contributed by atoms with E-state index in [-0.39, 0.29) is 18.3 Å². The van der Waals surface area contributed by atoms with E-state index < -0.39 is 0 Å². The van der Waals surface area contributed by atoms with Crippen molar-refractivity contribution in [2.24, 2.45) is 5.92 Å². The van der Waals surface area contributed by atoms with Crippen molar-refractivity contribution in [3.8, 4) is 11.4 Å². The van der Waals surface area contributed by atoms with E-state index in [4.69, 9.17) is 16.6 Å². The Kier molecular flexibility index (Phi) is 6.70. The number of carbonyl (C=O) groups is 1. The summed E-state index contributed by atoms with van der Waals surface area (Å²) in [6.07, 6.45) is 1.79. The number of nitrogens with zero attached hydrogens (tertiary/aromatic N) is 3. The van der Waals surface area contributed by atoms with Gasteiger partial charge in [0.15, 0.2) is 0 Å². The maximum absolute atomic E-state index is 12.8. The number of halogens is 2. The topological polar surface area (TPSA) is 64.3 Å². The van der Waals surface area contributed by atoms with Gasteiger partial charge in [0, 0.05) is 56.4 Å². The molecule has 0 radical (unpaired) electrons. The third kappa shape index (κ3) is 4.52. The van der Waals surface area contributed by atoms with Crippen LogP contribution in [0.2, 0.25) is 5.02 Å². The molecule has 1 amide bonds. The van der Waals surface area contributed by atoms with E-state index in [0.717, 1.165) is 80.2 Å². The van der Waals surface area contributed by atoms with Crippen LogP contribution in [0.15, 0.2) is 42.5 Å². The van der Waals surface area contributed by atoms with E-state index in [2.05, 4.69) is 27.3 Å². The first-order valence-electron chi connectivity index (χ1n) is 10.7. The van der Waals surface area contributed by atoms with Gasteiger partial charge in [-0.3, -0.25) is 4.79 Å². The SMILES string of the molecule is Cl.O=C(C1CCN(c2ccc(Cl)c(-c3nc4ccccc4[nH]3)c2)CC1)N1CCNCC1. The molecule has 1 aromatic heterocycles. The van der Waals surface area contributed by atoms with Gasteiger partial charge >= 0.3 is 0 Å². The second-order valence-corrected chi connectivity index (χ2v) is 8.51. The van der Waals surface area contributed by atoms with Gasteiger partial charge in [0.25, 0.3) is 0 Å². The number of H-pyrrole nitrogens is 1. The van der Waals surface area contributed by atoms with E-state index in [1.807, 2.05) is 35.2 Å². The van der Waals surface area contributed by atoms with Gasteiger partial charge in [-0.15, -0.1) is 12.4 Å². The van der Waals surface area contributed by atoms with Crippen molar-refractivity contribution in [3.05, 3.63) is 47.5 Å². The van der Waals surface area contributed by atoms with Crippen molar-refractivity contribution in [2.45, 2.75) is 12.8 Å². The van der Waals surface area contributed by atoms with Crippen molar-refractivity contribution in [1.82, 2.24) is 20.2 Å². The zero-order chi connectivity index (χ0) is 20.5. The average molecular weight is 460 g/mol. The van der Waals surface area contributed by atoms with E-state index in [1.54, 1.807) is 0 Å². The second-order valence-electron chi connectivity index (χ2n) is 8.10. The highest BCUT2D eigenvalue weighted by atomic mass is 35.5. The molecule has 5 rings (SSSR count). The summed E-state index contributed by atoms with van der Waals surface area (Å²) in [6.45, 7) is 5.22. The summed E-state index contributed by atoms with van der Waals surface area (Å²) in [4.78, 5) is 25.3. The summed E-state index contributed by atoms with van der Waals surface area (Å²) in [6, 6.07) is 14.1. The highest BCUT2D eigenvalue weighted by Gasteiger charge is 2.29. The predicted molar refractivity (Wildman–Crippen MR) is 128 cm³/mol. The van der Waals surface area contributed by atoms with Crippen molar-refractivity contribution < 1.29 is 4.79 Å². The number of hydrogen-bond donors (Lipinski definition) is 2.